The predicted molar refractivity (Wildman–Crippen MR) is 112 cm³/mol. The molecule has 1 N–H and O–H groups in total. The lowest BCUT2D eigenvalue weighted by atomic mass is 9.85. The van der Waals surface area contributed by atoms with Crippen molar-refractivity contribution in [1.29, 1.82) is 0 Å². The second kappa shape index (κ2) is 7.78. The molecule has 1 unspecified atom stereocenters. The molecular formula is C23H21ClF3NO4. The lowest BCUT2D eigenvalue weighted by Gasteiger charge is -2.35. The number of aromatic nitrogens is 1. The molecule has 1 atom stereocenters. The van der Waals surface area contributed by atoms with Gasteiger partial charge >= 0.3 is 6.18 Å². The molecule has 1 aromatic heterocycles. The van der Waals surface area contributed by atoms with Crippen molar-refractivity contribution in [2.75, 3.05) is 0 Å². The Hall–Kier alpha value is -2.58. The number of hydrogen-bond acceptors (Lipinski definition) is 5. The van der Waals surface area contributed by atoms with E-state index in [0.717, 1.165) is 24.5 Å². The molecule has 170 valence electrons. The largest absolute Gasteiger partial charge is 0.508 e. The molecule has 2 aromatic rings. The van der Waals surface area contributed by atoms with Gasteiger partial charge in [-0.25, -0.2) is 4.98 Å². The van der Waals surface area contributed by atoms with Crippen LogP contribution in [-0.4, -0.2) is 27.6 Å². The van der Waals surface area contributed by atoms with Gasteiger partial charge in [0.1, 0.15) is 28.2 Å². The van der Waals surface area contributed by atoms with Crippen LogP contribution in [0.4, 0.5) is 13.2 Å². The van der Waals surface area contributed by atoms with Crippen molar-refractivity contribution in [3.8, 4) is 11.6 Å². The van der Waals surface area contributed by atoms with Crippen LogP contribution in [0.5, 0.6) is 11.6 Å². The van der Waals surface area contributed by atoms with Gasteiger partial charge in [0.2, 0.25) is 5.88 Å². The molecule has 0 spiro atoms. The topological polar surface area (TPSA) is 68.7 Å². The van der Waals surface area contributed by atoms with Crippen molar-refractivity contribution in [3.63, 3.8) is 0 Å². The van der Waals surface area contributed by atoms with E-state index < -0.39 is 23.4 Å². The number of aliphatic hydroxyl groups is 1. The van der Waals surface area contributed by atoms with E-state index in [2.05, 4.69) is 4.98 Å². The minimum Gasteiger partial charge on any atom is -0.508 e. The van der Waals surface area contributed by atoms with Crippen molar-refractivity contribution in [3.05, 3.63) is 57.9 Å². The van der Waals surface area contributed by atoms with Gasteiger partial charge in [-0.2, -0.15) is 13.2 Å². The number of carbonyl (C=O) groups excluding carboxylic acids is 1. The van der Waals surface area contributed by atoms with Crippen LogP contribution in [0, 0.1) is 0 Å². The Morgan fingerprint density at radius 2 is 1.94 bits per heavy atom. The van der Waals surface area contributed by atoms with Gasteiger partial charge in [0.25, 0.3) is 0 Å². The third-order valence-corrected chi connectivity index (χ3v) is 5.83. The molecule has 2 heterocycles. The van der Waals surface area contributed by atoms with Crippen LogP contribution in [0.15, 0.2) is 36.2 Å². The summed E-state index contributed by atoms with van der Waals surface area (Å²) in [5.41, 5.74) is -0.479. The van der Waals surface area contributed by atoms with E-state index in [1.165, 1.54) is 0 Å². The van der Waals surface area contributed by atoms with E-state index >= 15 is 0 Å². The maximum Gasteiger partial charge on any atom is 0.417 e. The normalized spacial score (nSPS) is 21.1. The van der Waals surface area contributed by atoms with Gasteiger partial charge in [-0.15, -0.1) is 0 Å². The Labute approximate surface area is 187 Å². The summed E-state index contributed by atoms with van der Waals surface area (Å²) in [6, 6.07) is 5.76. The predicted octanol–water partition coefficient (Wildman–Crippen LogP) is 6.46. The molecule has 5 nitrogen and oxygen atoms in total. The quantitative estimate of drug-likeness (QED) is 0.559. The zero-order valence-corrected chi connectivity index (χ0v) is 18.3. The highest BCUT2D eigenvalue weighted by molar-refractivity contribution is 6.31. The SMILES string of the molecule is CC1OC(C)(C)C(O)=C(c2cc(Oc3ncc(C(F)(F)F)cc3Cl)ccc2C2CC2)C1=O. The maximum atomic E-state index is 13.0. The average Bonchev–Trinajstić information content (AvgIpc) is 3.53. The summed E-state index contributed by atoms with van der Waals surface area (Å²) in [6.07, 6.45) is -2.78. The summed E-state index contributed by atoms with van der Waals surface area (Å²) in [4.78, 5) is 16.6. The van der Waals surface area contributed by atoms with Gasteiger partial charge < -0.3 is 14.6 Å². The first-order valence-corrected chi connectivity index (χ1v) is 10.5. The van der Waals surface area contributed by atoms with E-state index in [1.54, 1.807) is 39.0 Å². The number of halogens is 4. The number of aliphatic hydroxyl groups excluding tert-OH is 1. The fraction of sp³-hybridized carbons (Fsp3) is 0.391. The summed E-state index contributed by atoms with van der Waals surface area (Å²) in [7, 11) is 0. The average molecular weight is 468 g/mol. The van der Waals surface area contributed by atoms with E-state index in [-0.39, 0.29) is 39.7 Å². The first kappa shape index (κ1) is 22.6. The molecule has 1 aliphatic heterocycles. The van der Waals surface area contributed by atoms with Gasteiger partial charge in [0.05, 0.1) is 11.1 Å². The number of alkyl halides is 3. The summed E-state index contributed by atoms with van der Waals surface area (Å²) < 4.78 is 49.9. The molecule has 0 radical (unpaired) electrons. The lowest BCUT2D eigenvalue weighted by molar-refractivity contribution is -0.138. The van der Waals surface area contributed by atoms with E-state index in [1.807, 2.05) is 0 Å². The second-order valence-corrected chi connectivity index (χ2v) is 8.90. The molecule has 4 rings (SSSR count). The molecule has 9 heteroatoms. The van der Waals surface area contributed by atoms with E-state index in [4.69, 9.17) is 21.1 Å². The van der Waals surface area contributed by atoms with Crippen LogP contribution in [0.3, 0.4) is 0 Å². The molecule has 0 saturated heterocycles. The fourth-order valence-electron chi connectivity index (χ4n) is 3.77. The standard InChI is InChI=1S/C23H21ClF3NO4/c1-11-19(29)18(20(30)22(2,3)32-11)16-9-14(6-7-15(16)12-4-5-12)31-21-17(24)8-13(10-28-21)23(25,26)27/h6-12,30H,4-5H2,1-3H3. The Bertz CT molecular complexity index is 1120. The Kier molecular flexibility index (Phi) is 5.49. The first-order chi connectivity index (χ1) is 14.9. The van der Waals surface area contributed by atoms with Crippen LogP contribution >= 0.6 is 11.6 Å². The smallest absolute Gasteiger partial charge is 0.417 e. The number of nitrogens with zero attached hydrogens (tertiary/aromatic N) is 1. The third-order valence-electron chi connectivity index (χ3n) is 5.55. The zero-order valence-electron chi connectivity index (χ0n) is 17.6. The lowest BCUT2D eigenvalue weighted by Crippen LogP contribution is -2.42. The summed E-state index contributed by atoms with van der Waals surface area (Å²) >= 11 is 5.96. The van der Waals surface area contributed by atoms with Crippen molar-refractivity contribution >= 4 is 23.0 Å². The van der Waals surface area contributed by atoms with Crippen LogP contribution in [0.1, 0.15) is 56.2 Å². The highest BCUT2D eigenvalue weighted by Crippen LogP contribution is 2.47. The van der Waals surface area contributed by atoms with Crippen molar-refractivity contribution in [2.45, 2.75) is 57.4 Å². The minimum atomic E-state index is -4.58. The van der Waals surface area contributed by atoms with Crippen molar-refractivity contribution in [2.24, 2.45) is 0 Å². The molecular weight excluding hydrogens is 447 g/mol. The zero-order chi connectivity index (χ0) is 23.4. The highest BCUT2D eigenvalue weighted by atomic mass is 35.5. The summed E-state index contributed by atoms with van der Waals surface area (Å²) in [5, 5.41) is 10.6. The monoisotopic (exact) mass is 467 g/mol. The van der Waals surface area contributed by atoms with Gasteiger partial charge in [-0.05, 0) is 68.9 Å². The molecule has 1 aromatic carbocycles. The summed E-state index contributed by atoms with van der Waals surface area (Å²) in [5.74, 6) is -0.253. The number of benzene rings is 1. The van der Waals surface area contributed by atoms with Crippen LogP contribution in [0.2, 0.25) is 5.02 Å². The van der Waals surface area contributed by atoms with Gasteiger partial charge in [-0.3, -0.25) is 4.79 Å². The Morgan fingerprint density at radius 3 is 2.53 bits per heavy atom. The van der Waals surface area contributed by atoms with Gasteiger partial charge in [0, 0.05) is 6.20 Å². The number of ketones is 1. The summed E-state index contributed by atoms with van der Waals surface area (Å²) in [6.45, 7) is 4.97. The Balaban J connectivity index is 1.77. The van der Waals surface area contributed by atoms with Crippen molar-refractivity contribution in [1.82, 2.24) is 4.98 Å². The highest BCUT2D eigenvalue weighted by Gasteiger charge is 2.42. The van der Waals surface area contributed by atoms with Gasteiger partial charge in [0.15, 0.2) is 5.78 Å². The number of hydrogen-bond donors (Lipinski definition) is 1. The third kappa shape index (κ3) is 4.21. The van der Waals surface area contributed by atoms with E-state index in [9.17, 15) is 23.1 Å². The molecule has 2 aliphatic rings. The minimum absolute atomic E-state index is 0.160. The van der Waals surface area contributed by atoms with Crippen LogP contribution in [0.25, 0.3) is 5.57 Å². The Morgan fingerprint density at radius 1 is 1.25 bits per heavy atom. The number of pyridine rings is 1. The number of ether oxygens (including phenoxy) is 2. The molecule has 0 amide bonds. The number of carbonyl (C=O) groups is 1. The molecule has 1 fully saturated rings. The molecule has 32 heavy (non-hydrogen) atoms. The van der Waals surface area contributed by atoms with Crippen molar-refractivity contribution < 1.29 is 32.5 Å². The second-order valence-electron chi connectivity index (χ2n) is 8.49. The van der Waals surface area contributed by atoms with Crippen LogP contribution in [-0.2, 0) is 15.7 Å². The van der Waals surface area contributed by atoms with Gasteiger partial charge in [-0.1, -0.05) is 17.7 Å². The van der Waals surface area contributed by atoms with E-state index in [0.29, 0.717) is 11.8 Å². The molecule has 0 bridgehead atoms. The van der Waals surface area contributed by atoms with Crippen LogP contribution < -0.4 is 4.74 Å². The fourth-order valence-corrected chi connectivity index (χ4v) is 3.97. The number of rotatable bonds is 4. The maximum absolute atomic E-state index is 13.0. The molecule has 1 saturated carbocycles. The molecule has 1 aliphatic carbocycles. The number of Topliss-reactive ketones (excluding diaryl/α,β-unsaturated/α-hetero) is 1. The first-order valence-electron chi connectivity index (χ1n) is 10.1.